The molecular weight excluding hydrogens is 708 g/mol. The summed E-state index contributed by atoms with van der Waals surface area (Å²) in [6.45, 7) is 8.62. The standard InChI is InChI=1S/C39H60O15/c1-16(41)22-8-9-23-21-7-6-19-14-20(10-12-38(19,4)24(21)11-13-39(22,23)5)51-36-32(48)33(28(44)25(15-40)52-36)53-37-34(30(46)27(43)18(3)50-37)54-35-31(47)29(45)26(42)17(2)49-35/h6,8,17-18,20-21,23-37,40,42-48H,7,9-15H2,1-5H3/t17-,18-,20-,21-,23-,24-,25+,26-,27-,28+,29+,30+,31+,32+,33-,34+,35-,36+,37-,38-,39+/m0/s1. The van der Waals surface area contributed by atoms with Crippen LogP contribution in [0.15, 0.2) is 23.3 Å². The topological polar surface area (TPSA) is 234 Å². The van der Waals surface area contributed by atoms with E-state index >= 15 is 0 Å². The second kappa shape index (κ2) is 15.4. The van der Waals surface area contributed by atoms with Crippen molar-refractivity contribution >= 4 is 5.78 Å². The summed E-state index contributed by atoms with van der Waals surface area (Å²) in [4.78, 5) is 12.5. The van der Waals surface area contributed by atoms with Gasteiger partial charge in [0.1, 0.15) is 61.0 Å². The van der Waals surface area contributed by atoms with Crippen LogP contribution in [0.2, 0.25) is 0 Å². The fraction of sp³-hybridized carbons (Fsp3) is 0.872. The number of allylic oxidation sites excluding steroid dienone is 3. The molecule has 3 aliphatic heterocycles. The van der Waals surface area contributed by atoms with Crippen molar-refractivity contribution in [3.63, 3.8) is 0 Å². The molecule has 8 N–H and O–H groups in total. The number of aliphatic hydroxyl groups excluding tert-OH is 8. The molecule has 21 atom stereocenters. The molecule has 54 heavy (non-hydrogen) atoms. The summed E-state index contributed by atoms with van der Waals surface area (Å²) in [5.41, 5.74) is 2.21. The Kier molecular flexibility index (Phi) is 11.6. The number of carbonyl (C=O) groups is 1. The molecule has 15 nitrogen and oxygen atoms in total. The minimum Gasteiger partial charge on any atom is -0.394 e. The lowest BCUT2D eigenvalue weighted by Crippen LogP contribution is -2.66. The molecule has 0 aromatic rings. The van der Waals surface area contributed by atoms with Gasteiger partial charge in [0.05, 0.1) is 24.9 Å². The number of Topliss-reactive ketones (excluding diaryl/α,β-unsaturated/α-hetero) is 1. The molecular formula is C39H60O15. The fourth-order valence-electron chi connectivity index (χ4n) is 11.1. The first-order chi connectivity index (χ1) is 25.5. The zero-order chi connectivity index (χ0) is 39.0. The molecule has 0 spiro atoms. The van der Waals surface area contributed by atoms with E-state index in [9.17, 15) is 45.6 Å². The monoisotopic (exact) mass is 768 g/mol. The molecule has 5 fully saturated rings. The summed E-state index contributed by atoms with van der Waals surface area (Å²) in [7, 11) is 0. The van der Waals surface area contributed by atoms with E-state index in [0.29, 0.717) is 30.6 Å². The third-order valence-corrected chi connectivity index (χ3v) is 14.3. The zero-order valence-electron chi connectivity index (χ0n) is 31.7. The summed E-state index contributed by atoms with van der Waals surface area (Å²) < 4.78 is 35.7. The second-order valence-electron chi connectivity index (χ2n) is 17.4. The lowest BCUT2D eigenvalue weighted by atomic mass is 9.47. The van der Waals surface area contributed by atoms with Crippen LogP contribution < -0.4 is 0 Å². The first-order valence-electron chi connectivity index (χ1n) is 19.7. The van der Waals surface area contributed by atoms with E-state index in [-0.39, 0.29) is 22.7 Å². The molecule has 15 heteroatoms. The SMILES string of the molecule is CC(=O)C1=CC[C@H]2[C@@H]3CC=C4C[C@@H](O[C@@H]5O[C@H](CO)[C@@H](O)[C@H](O[C@@H]6O[C@@H](C)[C@H](O)[C@@H](O)[C@H]6O[C@@H]6O[C@@H](C)[C@H](O)[C@@H](O)[C@H]6O)[C@H]5O)CC[C@]4(C)[C@H]3CC[C@]12C. The number of ether oxygens (including phenoxy) is 6. The Morgan fingerprint density at radius 3 is 2.02 bits per heavy atom. The van der Waals surface area contributed by atoms with Crippen LogP contribution in [0.1, 0.15) is 79.6 Å². The number of aliphatic hydroxyl groups is 8. The Morgan fingerprint density at radius 1 is 0.704 bits per heavy atom. The van der Waals surface area contributed by atoms with E-state index in [1.807, 2.05) is 0 Å². The van der Waals surface area contributed by atoms with Gasteiger partial charge in [0.25, 0.3) is 0 Å². The average Bonchev–Trinajstić information content (AvgIpc) is 3.50. The number of hydrogen-bond donors (Lipinski definition) is 8. The maximum atomic E-state index is 12.5. The van der Waals surface area contributed by atoms with Crippen LogP contribution in [0.25, 0.3) is 0 Å². The van der Waals surface area contributed by atoms with Crippen molar-refractivity contribution in [3.05, 3.63) is 23.3 Å². The quantitative estimate of drug-likeness (QED) is 0.152. The van der Waals surface area contributed by atoms with Crippen LogP contribution >= 0.6 is 0 Å². The zero-order valence-corrected chi connectivity index (χ0v) is 31.7. The van der Waals surface area contributed by atoms with Gasteiger partial charge in [0.2, 0.25) is 0 Å². The van der Waals surface area contributed by atoms with Gasteiger partial charge in [-0.25, -0.2) is 0 Å². The summed E-state index contributed by atoms with van der Waals surface area (Å²) >= 11 is 0. The summed E-state index contributed by atoms with van der Waals surface area (Å²) in [5, 5.41) is 85.8. The number of hydrogen-bond acceptors (Lipinski definition) is 15. The average molecular weight is 769 g/mol. The molecule has 0 aromatic heterocycles. The van der Waals surface area contributed by atoms with Crippen molar-refractivity contribution < 1.29 is 74.1 Å². The highest BCUT2D eigenvalue weighted by molar-refractivity contribution is 5.95. The number of rotatable bonds is 8. The van der Waals surface area contributed by atoms with Gasteiger partial charge in [-0.2, -0.15) is 0 Å². The molecule has 0 unspecified atom stereocenters. The molecule has 7 rings (SSSR count). The molecule has 0 amide bonds. The van der Waals surface area contributed by atoms with Crippen molar-refractivity contribution in [2.45, 2.75) is 178 Å². The highest BCUT2D eigenvalue weighted by atomic mass is 16.8. The van der Waals surface area contributed by atoms with E-state index in [2.05, 4.69) is 26.0 Å². The third kappa shape index (κ3) is 6.87. The van der Waals surface area contributed by atoms with Gasteiger partial charge in [-0.1, -0.05) is 31.6 Å². The van der Waals surface area contributed by atoms with Gasteiger partial charge < -0.3 is 69.3 Å². The lowest BCUT2D eigenvalue weighted by molar-refractivity contribution is -0.387. The molecule has 0 radical (unpaired) electrons. The Balaban J connectivity index is 1.05. The normalized spacial score (nSPS) is 53.5. The van der Waals surface area contributed by atoms with Gasteiger partial charge in [-0.3, -0.25) is 4.79 Å². The highest BCUT2D eigenvalue weighted by Crippen LogP contribution is 2.65. The smallest absolute Gasteiger partial charge is 0.187 e. The van der Waals surface area contributed by atoms with Crippen molar-refractivity contribution in [1.82, 2.24) is 0 Å². The predicted molar refractivity (Wildman–Crippen MR) is 187 cm³/mol. The maximum absolute atomic E-state index is 12.5. The molecule has 0 aromatic carbocycles. The first kappa shape index (κ1) is 40.8. The number of fused-ring (bicyclic) bond motifs is 5. The largest absolute Gasteiger partial charge is 0.394 e. The first-order valence-corrected chi connectivity index (χ1v) is 19.7. The second-order valence-corrected chi connectivity index (χ2v) is 17.4. The van der Waals surface area contributed by atoms with Crippen LogP contribution in [0, 0.1) is 28.6 Å². The summed E-state index contributed by atoms with van der Waals surface area (Å²) in [6.07, 6.45) is -11.5. The summed E-state index contributed by atoms with van der Waals surface area (Å²) in [6, 6.07) is 0. The van der Waals surface area contributed by atoms with E-state index in [4.69, 9.17) is 28.4 Å². The number of ketones is 1. The highest BCUT2D eigenvalue weighted by Gasteiger charge is 2.58. The minimum absolute atomic E-state index is 0.0262. The van der Waals surface area contributed by atoms with Crippen LogP contribution in [-0.2, 0) is 33.2 Å². The molecule has 306 valence electrons. The lowest BCUT2D eigenvalue weighted by Gasteiger charge is -2.58. The van der Waals surface area contributed by atoms with Crippen LogP contribution in [-0.4, -0.2) is 151 Å². The molecule has 2 saturated carbocycles. The van der Waals surface area contributed by atoms with Crippen molar-refractivity contribution in [2.75, 3.05) is 6.61 Å². The summed E-state index contributed by atoms with van der Waals surface area (Å²) in [5.74, 6) is 1.60. The van der Waals surface area contributed by atoms with E-state index in [0.717, 1.165) is 37.7 Å². The van der Waals surface area contributed by atoms with Crippen LogP contribution in [0.4, 0.5) is 0 Å². The Morgan fingerprint density at radius 2 is 1.33 bits per heavy atom. The minimum atomic E-state index is -1.74. The molecule has 3 saturated heterocycles. The molecule has 7 aliphatic rings. The molecule has 3 heterocycles. The predicted octanol–water partition coefficient (Wildman–Crippen LogP) is -0.0368. The van der Waals surface area contributed by atoms with Crippen molar-refractivity contribution in [3.8, 4) is 0 Å². The molecule has 0 bridgehead atoms. The van der Waals surface area contributed by atoms with Crippen molar-refractivity contribution in [2.24, 2.45) is 28.6 Å². The van der Waals surface area contributed by atoms with Gasteiger partial charge >= 0.3 is 0 Å². The number of carbonyl (C=O) groups excluding carboxylic acids is 1. The van der Waals surface area contributed by atoms with E-state index in [1.165, 1.54) is 19.4 Å². The fourth-order valence-corrected chi connectivity index (χ4v) is 11.1. The Bertz CT molecular complexity index is 1440. The third-order valence-electron chi connectivity index (χ3n) is 14.3. The van der Waals surface area contributed by atoms with E-state index < -0.39 is 98.7 Å². The molecule has 4 aliphatic carbocycles. The van der Waals surface area contributed by atoms with Gasteiger partial charge in [0, 0.05) is 0 Å². The Labute approximate surface area is 315 Å². The van der Waals surface area contributed by atoms with Crippen molar-refractivity contribution in [1.29, 1.82) is 0 Å². The maximum Gasteiger partial charge on any atom is 0.187 e. The van der Waals surface area contributed by atoms with Gasteiger partial charge in [0.15, 0.2) is 24.7 Å². The van der Waals surface area contributed by atoms with Crippen LogP contribution in [0.5, 0.6) is 0 Å². The van der Waals surface area contributed by atoms with E-state index in [1.54, 1.807) is 6.92 Å². The Hall–Kier alpha value is -1.41. The van der Waals surface area contributed by atoms with Gasteiger partial charge in [-0.15, -0.1) is 0 Å². The van der Waals surface area contributed by atoms with Gasteiger partial charge in [-0.05, 0) is 99.9 Å². The van der Waals surface area contributed by atoms with Crippen LogP contribution in [0.3, 0.4) is 0 Å².